The summed E-state index contributed by atoms with van der Waals surface area (Å²) in [7, 11) is 1.54. The van der Waals surface area contributed by atoms with Crippen LogP contribution in [0, 0.1) is 22.7 Å². The molecule has 0 aliphatic rings. The Morgan fingerprint density at radius 1 is 1.14 bits per heavy atom. The normalized spacial score (nSPS) is 9.52. The fraction of sp³-hybridized carbons (Fsp3) is 0.125. The van der Waals surface area contributed by atoms with Crippen molar-refractivity contribution in [2.24, 2.45) is 0 Å². The number of benzene rings is 2. The van der Waals surface area contributed by atoms with Gasteiger partial charge in [0.1, 0.15) is 11.8 Å². The summed E-state index contributed by atoms with van der Waals surface area (Å²) in [5.74, 6) is 0.570. The Morgan fingerprint density at radius 3 is 2.57 bits per heavy atom. The van der Waals surface area contributed by atoms with Crippen LogP contribution in [0.1, 0.15) is 16.7 Å². The average molecular weight is 342 g/mol. The number of hydrogen-bond acceptors (Lipinski definition) is 4. The lowest BCUT2D eigenvalue weighted by molar-refractivity contribution is 0.413. The van der Waals surface area contributed by atoms with E-state index in [1.54, 1.807) is 31.4 Å². The zero-order valence-electron chi connectivity index (χ0n) is 11.4. The fourth-order valence-corrected chi connectivity index (χ4v) is 2.40. The van der Waals surface area contributed by atoms with Crippen LogP contribution in [0.5, 0.6) is 5.75 Å². The van der Waals surface area contributed by atoms with Crippen LogP contribution < -0.4 is 10.1 Å². The van der Waals surface area contributed by atoms with E-state index >= 15 is 0 Å². The van der Waals surface area contributed by atoms with Crippen molar-refractivity contribution in [1.82, 2.24) is 0 Å². The third kappa shape index (κ3) is 3.53. The quantitative estimate of drug-likeness (QED) is 0.917. The second-order valence-electron chi connectivity index (χ2n) is 4.31. The van der Waals surface area contributed by atoms with Crippen LogP contribution in [-0.4, -0.2) is 7.11 Å². The van der Waals surface area contributed by atoms with Gasteiger partial charge in [-0.2, -0.15) is 10.5 Å². The van der Waals surface area contributed by atoms with E-state index in [-0.39, 0.29) is 0 Å². The topological polar surface area (TPSA) is 68.8 Å². The van der Waals surface area contributed by atoms with E-state index in [2.05, 4.69) is 33.4 Å². The van der Waals surface area contributed by atoms with Crippen molar-refractivity contribution in [2.75, 3.05) is 12.4 Å². The first-order valence-electron chi connectivity index (χ1n) is 6.18. The zero-order chi connectivity index (χ0) is 15.2. The van der Waals surface area contributed by atoms with Crippen molar-refractivity contribution in [3.8, 4) is 17.9 Å². The van der Waals surface area contributed by atoms with Gasteiger partial charge in [0.05, 0.1) is 24.3 Å². The number of rotatable bonds is 4. The first-order valence-corrected chi connectivity index (χ1v) is 6.97. The number of methoxy groups -OCH3 is 1. The molecule has 0 unspecified atom stereocenters. The third-order valence-electron chi connectivity index (χ3n) is 2.97. The van der Waals surface area contributed by atoms with Crippen LogP contribution in [0.4, 0.5) is 5.69 Å². The van der Waals surface area contributed by atoms with Gasteiger partial charge in [-0.1, -0.05) is 6.07 Å². The molecule has 0 atom stereocenters. The second kappa shape index (κ2) is 6.78. The minimum atomic E-state index is 0.510. The molecule has 2 aromatic carbocycles. The molecule has 0 radical (unpaired) electrons. The summed E-state index contributed by atoms with van der Waals surface area (Å²) in [6.07, 6.45) is 0. The summed E-state index contributed by atoms with van der Waals surface area (Å²) in [6.45, 7) is 0.573. The molecule has 0 aliphatic carbocycles. The molecule has 0 heterocycles. The highest BCUT2D eigenvalue weighted by Gasteiger charge is 2.05. The Hall–Kier alpha value is -2.50. The summed E-state index contributed by atoms with van der Waals surface area (Å²) in [5.41, 5.74) is 2.98. The van der Waals surface area contributed by atoms with E-state index in [1.165, 1.54) is 0 Å². The molecule has 0 saturated carbocycles. The van der Waals surface area contributed by atoms with Gasteiger partial charge in [0.25, 0.3) is 0 Å². The maximum Gasteiger partial charge on any atom is 0.136 e. The Morgan fingerprint density at radius 2 is 1.95 bits per heavy atom. The summed E-state index contributed by atoms with van der Waals surface area (Å²) in [6, 6.07) is 15.0. The molecule has 1 N–H and O–H groups in total. The van der Waals surface area contributed by atoms with E-state index in [1.807, 2.05) is 12.1 Å². The van der Waals surface area contributed by atoms with Crippen molar-refractivity contribution in [2.45, 2.75) is 6.54 Å². The number of nitrogens with one attached hydrogen (secondary N) is 1. The van der Waals surface area contributed by atoms with Crippen LogP contribution in [0.25, 0.3) is 0 Å². The van der Waals surface area contributed by atoms with Crippen molar-refractivity contribution in [1.29, 1.82) is 10.5 Å². The smallest absolute Gasteiger partial charge is 0.136 e. The van der Waals surface area contributed by atoms with E-state index in [4.69, 9.17) is 15.3 Å². The van der Waals surface area contributed by atoms with Crippen molar-refractivity contribution in [3.63, 3.8) is 0 Å². The Bertz CT molecular complexity index is 744. The van der Waals surface area contributed by atoms with Gasteiger partial charge in [-0.05, 0) is 51.8 Å². The Labute approximate surface area is 131 Å². The number of nitriles is 2. The number of nitrogens with zero attached hydrogens (tertiary/aromatic N) is 2. The van der Waals surface area contributed by atoms with Crippen LogP contribution in [0.15, 0.2) is 40.9 Å². The molecule has 0 bridgehead atoms. The van der Waals surface area contributed by atoms with E-state index < -0.39 is 0 Å². The van der Waals surface area contributed by atoms with Gasteiger partial charge in [0, 0.05) is 16.7 Å². The molecule has 0 amide bonds. The Balaban J connectivity index is 2.14. The highest BCUT2D eigenvalue weighted by molar-refractivity contribution is 9.10. The molecule has 0 aliphatic heterocycles. The molecular formula is C16H12BrN3O. The minimum Gasteiger partial charge on any atom is -0.495 e. The molecule has 0 aromatic heterocycles. The van der Waals surface area contributed by atoms with Gasteiger partial charge in [0.2, 0.25) is 0 Å². The molecule has 4 nitrogen and oxygen atoms in total. The van der Waals surface area contributed by atoms with Crippen molar-refractivity contribution < 1.29 is 4.74 Å². The molecule has 0 saturated heterocycles. The number of hydrogen-bond donors (Lipinski definition) is 1. The zero-order valence-corrected chi connectivity index (χ0v) is 12.9. The molecule has 0 spiro atoms. The SMILES string of the molecule is COc1ccc(CNc2ccc(C#N)cc2Br)cc1C#N. The molecule has 2 rings (SSSR count). The van der Waals surface area contributed by atoms with Gasteiger partial charge >= 0.3 is 0 Å². The lowest BCUT2D eigenvalue weighted by Crippen LogP contribution is -2.01. The van der Waals surface area contributed by atoms with Gasteiger partial charge in [-0.25, -0.2) is 0 Å². The molecular weight excluding hydrogens is 330 g/mol. The molecule has 104 valence electrons. The van der Waals surface area contributed by atoms with Crippen LogP contribution >= 0.6 is 15.9 Å². The summed E-state index contributed by atoms with van der Waals surface area (Å²) < 4.78 is 5.95. The van der Waals surface area contributed by atoms with E-state index in [0.717, 1.165) is 15.7 Å². The summed E-state index contributed by atoms with van der Waals surface area (Å²) >= 11 is 3.43. The van der Waals surface area contributed by atoms with Gasteiger partial charge in [0.15, 0.2) is 0 Å². The van der Waals surface area contributed by atoms with Crippen LogP contribution in [0.2, 0.25) is 0 Å². The maximum atomic E-state index is 9.07. The Kier molecular flexibility index (Phi) is 4.81. The third-order valence-corrected chi connectivity index (χ3v) is 3.62. The minimum absolute atomic E-state index is 0.510. The van der Waals surface area contributed by atoms with Crippen LogP contribution in [-0.2, 0) is 6.54 Å². The molecule has 5 heteroatoms. The van der Waals surface area contributed by atoms with Crippen molar-refractivity contribution >= 4 is 21.6 Å². The van der Waals surface area contributed by atoms with E-state index in [9.17, 15) is 0 Å². The predicted molar refractivity (Wildman–Crippen MR) is 83.9 cm³/mol. The molecule has 2 aromatic rings. The van der Waals surface area contributed by atoms with E-state index in [0.29, 0.717) is 23.4 Å². The number of halogens is 1. The second-order valence-corrected chi connectivity index (χ2v) is 5.16. The van der Waals surface area contributed by atoms with Crippen LogP contribution in [0.3, 0.4) is 0 Å². The lowest BCUT2D eigenvalue weighted by atomic mass is 10.1. The summed E-state index contributed by atoms with van der Waals surface area (Å²) in [5, 5.41) is 21.2. The standard InChI is InChI=1S/C16H12BrN3O/c1-21-16-5-3-12(6-13(16)9-19)10-20-15-4-2-11(8-18)7-14(15)17/h2-7,20H,10H2,1H3. The van der Waals surface area contributed by atoms with Gasteiger partial charge < -0.3 is 10.1 Å². The first kappa shape index (κ1) is 14.9. The highest BCUT2D eigenvalue weighted by Crippen LogP contribution is 2.25. The average Bonchev–Trinajstić information content (AvgIpc) is 2.53. The maximum absolute atomic E-state index is 9.07. The highest BCUT2D eigenvalue weighted by atomic mass is 79.9. The largest absolute Gasteiger partial charge is 0.495 e. The molecule has 0 fully saturated rings. The van der Waals surface area contributed by atoms with Gasteiger partial charge in [-0.3, -0.25) is 0 Å². The number of ether oxygens (including phenoxy) is 1. The summed E-state index contributed by atoms with van der Waals surface area (Å²) in [4.78, 5) is 0. The molecule has 21 heavy (non-hydrogen) atoms. The van der Waals surface area contributed by atoms with Crippen molar-refractivity contribution in [3.05, 3.63) is 57.6 Å². The predicted octanol–water partition coefficient (Wildman–Crippen LogP) is 3.81. The fourth-order valence-electron chi connectivity index (χ4n) is 1.88. The first-order chi connectivity index (χ1) is 10.2. The number of anilines is 1. The lowest BCUT2D eigenvalue weighted by Gasteiger charge is -2.10. The monoisotopic (exact) mass is 341 g/mol. The van der Waals surface area contributed by atoms with Gasteiger partial charge in [-0.15, -0.1) is 0 Å².